The Morgan fingerprint density at radius 2 is 1.79 bits per heavy atom. The van der Waals surface area contributed by atoms with Gasteiger partial charge < -0.3 is 10.2 Å². The highest BCUT2D eigenvalue weighted by molar-refractivity contribution is 7.91. The van der Waals surface area contributed by atoms with Crippen molar-refractivity contribution in [3.8, 4) is 0 Å². The van der Waals surface area contributed by atoms with Crippen LogP contribution in [0, 0.1) is 13.8 Å². The molecule has 0 spiro atoms. The third-order valence-electron chi connectivity index (χ3n) is 6.62. The molecule has 2 saturated heterocycles. The number of anilines is 1. The number of aromatic nitrogens is 2. The molecule has 9 heteroatoms. The minimum absolute atomic E-state index is 0.0481. The van der Waals surface area contributed by atoms with E-state index in [-0.39, 0.29) is 23.5 Å². The monoisotopic (exact) mass is 423 g/mol. The summed E-state index contributed by atoms with van der Waals surface area (Å²) in [6.45, 7) is 7.92. The minimum atomic E-state index is -2.94. The molecule has 4 rings (SSSR count). The molecule has 3 heterocycles. The Morgan fingerprint density at radius 3 is 2.41 bits per heavy atom. The Hall–Kier alpha value is -1.61. The van der Waals surface area contributed by atoms with Crippen LogP contribution in [0.2, 0.25) is 0 Å². The molecule has 1 amide bonds. The van der Waals surface area contributed by atoms with E-state index in [2.05, 4.69) is 15.1 Å². The predicted molar refractivity (Wildman–Crippen MR) is 113 cm³/mol. The van der Waals surface area contributed by atoms with Crippen molar-refractivity contribution in [1.82, 2.24) is 20.0 Å². The quantitative estimate of drug-likeness (QED) is 0.761. The van der Waals surface area contributed by atoms with Gasteiger partial charge in [0.25, 0.3) is 0 Å². The van der Waals surface area contributed by atoms with E-state index in [1.165, 1.54) is 12.8 Å². The summed E-state index contributed by atoms with van der Waals surface area (Å²) in [6.07, 6.45) is 5.33. The van der Waals surface area contributed by atoms with E-state index in [1.54, 1.807) is 0 Å². The first-order valence-electron chi connectivity index (χ1n) is 10.9. The van der Waals surface area contributed by atoms with Gasteiger partial charge in [0.05, 0.1) is 41.2 Å². The maximum Gasteiger partial charge on any atom is 0.234 e. The lowest BCUT2D eigenvalue weighted by atomic mass is 10.2. The summed E-state index contributed by atoms with van der Waals surface area (Å²) in [7, 11) is -2.94. The van der Waals surface area contributed by atoms with Crippen molar-refractivity contribution in [3.63, 3.8) is 0 Å². The molecule has 0 bridgehead atoms. The molecule has 0 radical (unpaired) electrons. The van der Waals surface area contributed by atoms with Crippen molar-refractivity contribution in [2.75, 3.05) is 49.1 Å². The zero-order chi connectivity index (χ0) is 20.6. The van der Waals surface area contributed by atoms with Crippen molar-refractivity contribution in [1.29, 1.82) is 0 Å². The van der Waals surface area contributed by atoms with E-state index in [9.17, 15) is 13.2 Å². The second kappa shape index (κ2) is 8.26. The number of amides is 1. The number of nitrogens with zero attached hydrogens (tertiary/aromatic N) is 4. The predicted octanol–water partition coefficient (Wildman–Crippen LogP) is 1.04. The van der Waals surface area contributed by atoms with Gasteiger partial charge in [0, 0.05) is 32.2 Å². The summed E-state index contributed by atoms with van der Waals surface area (Å²) in [4.78, 5) is 16.9. The fraction of sp³-hybridized carbons (Fsp3) is 0.800. The average Bonchev–Trinajstić information content (AvgIpc) is 3.36. The molecule has 1 unspecified atom stereocenters. The molecule has 1 aromatic heterocycles. The standard InChI is InChI=1S/C20H33N5O3S/c1-15-20(16(2)25(22-15)18-7-12-29(27,28)14-18)24-10-8-23(9-11-24)13-19(26)21-17-5-3-4-6-17/h17-18H,3-14H2,1-2H3,(H,21,26). The summed E-state index contributed by atoms with van der Waals surface area (Å²) in [6, 6.07) is 0.326. The number of hydrogen-bond acceptors (Lipinski definition) is 6. The average molecular weight is 424 g/mol. The lowest BCUT2D eigenvalue weighted by Crippen LogP contribution is -2.50. The Labute approximate surface area is 173 Å². The second-order valence-electron chi connectivity index (χ2n) is 8.83. The van der Waals surface area contributed by atoms with E-state index in [4.69, 9.17) is 5.10 Å². The molecule has 162 valence electrons. The maximum absolute atomic E-state index is 12.3. The van der Waals surface area contributed by atoms with Gasteiger partial charge in [-0.2, -0.15) is 5.10 Å². The van der Waals surface area contributed by atoms with Crippen LogP contribution in [0.15, 0.2) is 0 Å². The summed E-state index contributed by atoms with van der Waals surface area (Å²) in [5.41, 5.74) is 3.14. The molecule has 3 fully saturated rings. The summed E-state index contributed by atoms with van der Waals surface area (Å²) >= 11 is 0. The first-order valence-corrected chi connectivity index (χ1v) is 12.7. The fourth-order valence-corrected chi connectivity index (χ4v) is 6.80. The largest absolute Gasteiger partial charge is 0.366 e. The second-order valence-corrected chi connectivity index (χ2v) is 11.1. The molecule has 1 atom stereocenters. The molecule has 3 aliphatic rings. The molecule has 1 aromatic rings. The van der Waals surface area contributed by atoms with E-state index in [0.29, 0.717) is 19.0 Å². The van der Waals surface area contributed by atoms with Crippen LogP contribution in [0.3, 0.4) is 0 Å². The topological polar surface area (TPSA) is 87.5 Å². The SMILES string of the molecule is Cc1nn(C2CCS(=O)(=O)C2)c(C)c1N1CCN(CC(=O)NC2CCCC2)CC1. The van der Waals surface area contributed by atoms with Crippen LogP contribution in [-0.2, 0) is 14.6 Å². The van der Waals surface area contributed by atoms with Gasteiger partial charge >= 0.3 is 0 Å². The Bertz CT molecular complexity index is 852. The molecule has 0 aromatic carbocycles. The van der Waals surface area contributed by atoms with Crippen LogP contribution >= 0.6 is 0 Å². The van der Waals surface area contributed by atoms with E-state index in [0.717, 1.165) is 56.1 Å². The first kappa shape index (κ1) is 20.7. The van der Waals surface area contributed by atoms with Crippen LogP contribution in [0.4, 0.5) is 5.69 Å². The highest BCUT2D eigenvalue weighted by atomic mass is 32.2. The normalized spacial score (nSPS) is 25.6. The number of rotatable bonds is 5. The van der Waals surface area contributed by atoms with Gasteiger partial charge in [0.2, 0.25) is 5.91 Å². The Morgan fingerprint density at radius 1 is 1.10 bits per heavy atom. The maximum atomic E-state index is 12.3. The van der Waals surface area contributed by atoms with Crippen molar-refractivity contribution in [3.05, 3.63) is 11.4 Å². The van der Waals surface area contributed by atoms with Crippen LogP contribution in [0.5, 0.6) is 0 Å². The van der Waals surface area contributed by atoms with Gasteiger partial charge in [-0.3, -0.25) is 14.4 Å². The smallest absolute Gasteiger partial charge is 0.234 e. The Balaban J connectivity index is 1.34. The zero-order valence-corrected chi connectivity index (χ0v) is 18.4. The van der Waals surface area contributed by atoms with Gasteiger partial charge in [0.1, 0.15) is 0 Å². The van der Waals surface area contributed by atoms with E-state index in [1.807, 2.05) is 18.5 Å². The molecular weight excluding hydrogens is 390 g/mol. The van der Waals surface area contributed by atoms with E-state index < -0.39 is 9.84 Å². The van der Waals surface area contributed by atoms with Crippen molar-refractivity contribution < 1.29 is 13.2 Å². The van der Waals surface area contributed by atoms with E-state index >= 15 is 0 Å². The lowest BCUT2D eigenvalue weighted by Gasteiger charge is -2.36. The number of hydrogen-bond donors (Lipinski definition) is 1. The fourth-order valence-electron chi connectivity index (χ4n) is 5.11. The summed E-state index contributed by atoms with van der Waals surface area (Å²) in [5.74, 6) is 0.596. The molecule has 2 aliphatic heterocycles. The third-order valence-corrected chi connectivity index (χ3v) is 8.37. The van der Waals surface area contributed by atoms with Crippen LogP contribution in [-0.4, -0.2) is 79.3 Å². The molecule has 29 heavy (non-hydrogen) atoms. The summed E-state index contributed by atoms with van der Waals surface area (Å²) in [5, 5.41) is 7.86. The lowest BCUT2D eigenvalue weighted by molar-refractivity contribution is -0.123. The first-order chi connectivity index (χ1) is 13.8. The van der Waals surface area contributed by atoms with Crippen LogP contribution in [0.25, 0.3) is 0 Å². The minimum Gasteiger partial charge on any atom is -0.366 e. The number of carbonyl (C=O) groups excluding carboxylic acids is 1. The number of piperazine rings is 1. The van der Waals surface area contributed by atoms with Gasteiger partial charge in [-0.25, -0.2) is 8.42 Å². The van der Waals surface area contributed by atoms with Crippen LogP contribution in [0.1, 0.15) is 49.5 Å². The number of nitrogens with one attached hydrogen (secondary N) is 1. The van der Waals surface area contributed by atoms with Gasteiger partial charge in [-0.05, 0) is 33.1 Å². The van der Waals surface area contributed by atoms with Crippen molar-refractivity contribution >= 4 is 21.4 Å². The van der Waals surface area contributed by atoms with Gasteiger partial charge in [-0.15, -0.1) is 0 Å². The van der Waals surface area contributed by atoms with Gasteiger partial charge in [0.15, 0.2) is 9.84 Å². The molecule has 8 nitrogen and oxygen atoms in total. The number of carbonyl (C=O) groups is 1. The van der Waals surface area contributed by atoms with Crippen molar-refractivity contribution in [2.24, 2.45) is 0 Å². The molecule has 1 N–H and O–H groups in total. The highest BCUT2D eigenvalue weighted by Gasteiger charge is 2.33. The highest BCUT2D eigenvalue weighted by Crippen LogP contribution is 2.31. The van der Waals surface area contributed by atoms with Crippen LogP contribution < -0.4 is 10.2 Å². The van der Waals surface area contributed by atoms with Gasteiger partial charge in [-0.1, -0.05) is 12.8 Å². The zero-order valence-electron chi connectivity index (χ0n) is 17.6. The third kappa shape index (κ3) is 4.60. The summed E-state index contributed by atoms with van der Waals surface area (Å²) < 4.78 is 25.7. The molecule has 1 saturated carbocycles. The molecule has 1 aliphatic carbocycles. The molecular formula is C20H33N5O3S. The number of sulfone groups is 1. The van der Waals surface area contributed by atoms with Crippen molar-refractivity contribution in [2.45, 2.75) is 58.0 Å². The Kier molecular flexibility index (Phi) is 5.88. The number of aryl methyl sites for hydroxylation is 1.